The van der Waals surface area contributed by atoms with E-state index in [1.54, 1.807) is 0 Å². The van der Waals surface area contributed by atoms with Gasteiger partial charge in [0.05, 0.1) is 5.56 Å². The molecule has 4 heteroatoms. The van der Waals surface area contributed by atoms with Crippen LogP contribution in [-0.4, -0.2) is 34.9 Å². The summed E-state index contributed by atoms with van der Waals surface area (Å²) in [6, 6.07) is 3.96. The van der Waals surface area contributed by atoms with Crippen molar-refractivity contribution in [2.45, 2.75) is 13.7 Å². The van der Waals surface area contributed by atoms with Crippen molar-refractivity contribution in [3.63, 3.8) is 0 Å². The normalized spacial score (nSPS) is 22.5. The highest BCUT2D eigenvalue weighted by atomic mass is 16.4. The summed E-state index contributed by atoms with van der Waals surface area (Å²) in [5.41, 5.74) is -0.981. The van der Waals surface area contributed by atoms with Gasteiger partial charge in [0.25, 0.3) is 5.91 Å². The molecule has 0 aliphatic carbocycles. The summed E-state index contributed by atoms with van der Waals surface area (Å²) in [5.74, 6) is -3.06. The van der Waals surface area contributed by atoms with E-state index in [1.165, 1.54) is 0 Å². The Hall–Kier alpha value is -1.84. The maximum Gasteiger partial charge on any atom is 0.335 e. The van der Waals surface area contributed by atoms with Crippen LogP contribution in [0.2, 0.25) is 0 Å². The molecule has 0 heterocycles. The summed E-state index contributed by atoms with van der Waals surface area (Å²) in [4.78, 5) is 23.2. The molecular weight excluding hydrogens is 206 g/mol. The summed E-state index contributed by atoms with van der Waals surface area (Å²) >= 11 is 0. The molecule has 0 aromatic heterocycles. The number of hydrogen-bond donors (Lipinski definition) is 1. The Balaban J connectivity index is 3.64. The molecule has 0 unspecified atom stereocenters. The number of carbonyl (C=O) groups is 2. The standard InChI is InChI=1S/C12H15NO3/c1-3-13(4-2)11(14)9-6-5-7-10(8-9)12(15)16/h5-8H,3-4H2,1-2H3,(H,15,16)/i1D3,2D3,3D2,4D2. The van der Waals surface area contributed by atoms with Crippen LogP contribution in [0.4, 0.5) is 0 Å². The molecule has 0 spiro atoms. The molecule has 0 saturated heterocycles. The first-order chi connectivity index (χ1) is 11.4. The lowest BCUT2D eigenvalue weighted by Gasteiger charge is -2.18. The predicted octanol–water partition coefficient (Wildman–Crippen LogP) is 1.87. The van der Waals surface area contributed by atoms with Gasteiger partial charge in [0.1, 0.15) is 0 Å². The van der Waals surface area contributed by atoms with Gasteiger partial charge in [0.15, 0.2) is 0 Å². The van der Waals surface area contributed by atoms with E-state index in [0.29, 0.717) is 0 Å². The molecule has 1 amide bonds. The van der Waals surface area contributed by atoms with Crippen molar-refractivity contribution >= 4 is 11.9 Å². The van der Waals surface area contributed by atoms with Gasteiger partial charge in [-0.3, -0.25) is 4.79 Å². The lowest BCUT2D eigenvalue weighted by Crippen LogP contribution is -2.30. The molecule has 0 atom stereocenters. The number of aromatic carboxylic acids is 1. The van der Waals surface area contributed by atoms with Crippen molar-refractivity contribution < 1.29 is 28.4 Å². The van der Waals surface area contributed by atoms with E-state index in [9.17, 15) is 9.59 Å². The van der Waals surface area contributed by atoms with Crippen LogP contribution in [0.3, 0.4) is 0 Å². The van der Waals surface area contributed by atoms with Gasteiger partial charge >= 0.3 is 5.97 Å². The SMILES string of the molecule is [2H]C([2H])([2H])C([2H])([2H])N(C(=O)c1cccc(C(=O)O)c1)C([2H])([2H])C([2H])([2H])[2H]. The highest BCUT2D eigenvalue weighted by molar-refractivity contribution is 5.97. The Morgan fingerprint density at radius 3 is 2.56 bits per heavy atom. The first kappa shape index (κ1) is 4.20. The minimum absolute atomic E-state index is 0.403. The molecule has 1 rings (SSSR count). The molecule has 86 valence electrons. The fraction of sp³-hybridized carbons (Fsp3) is 0.333. The fourth-order valence-corrected chi connectivity index (χ4v) is 1.04. The summed E-state index contributed by atoms with van der Waals surface area (Å²) < 4.78 is 74.2. The maximum absolute atomic E-state index is 12.7. The Morgan fingerprint density at radius 2 is 2.00 bits per heavy atom. The number of carboxylic acids is 1. The number of carbonyl (C=O) groups excluding carboxylic acids is 1. The molecule has 0 radical (unpaired) electrons. The third-order valence-corrected chi connectivity index (χ3v) is 1.78. The van der Waals surface area contributed by atoms with Crippen LogP contribution in [0.5, 0.6) is 0 Å². The van der Waals surface area contributed by atoms with E-state index >= 15 is 0 Å². The van der Waals surface area contributed by atoms with Gasteiger partial charge in [-0.2, -0.15) is 0 Å². The quantitative estimate of drug-likeness (QED) is 0.860. The minimum atomic E-state index is -3.69. The summed E-state index contributed by atoms with van der Waals surface area (Å²) in [6.07, 6.45) is 0. The van der Waals surface area contributed by atoms with Crippen molar-refractivity contribution in [3.8, 4) is 0 Å². The largest absolute Gasteiger partial charge is 0.478 e. The fourth-order valence-electron chi connectivity index (χ4n) is 1.04. The number of nitrogens with zero attached hydrogens (tertiary/aromatic N) is 1. The maximum atomic E-state index is 12.7. The zero-order valence-electron chi connectivity index (χ0n) is 18.0. The highest BCUT2D eigenvalue weighted by Crippen LogP contribution is 2.08. The van der Waals surface area contributed by atoms with Crippen molar-refractivity contribution in [1.29, 1.82) is 0 Å². The second-order valence-corrected chi connectivity index (χ2v) is 2.75. The highest BCUT2D eigenvalue weighted by Gasteiger charge is 2.13. The third-order valence-electron chi connectivity index (χ3n) is 1.78. The van der Waals surface area contributed by atoms with Crippen LogP contribution in [0, 0.1) is 0 Å². The Morgan fingerprint density at radius 1 is 1.38 bits per heavy atom. The predicted molar refractivity (Wildman–Crippen MR) is 60.7 cm³/mol. The lowest BCUT2D eigenvalue weighted by atomic mass is 10.1. The summed E-state index contributed by atoms with van der Waals surface area (Å²) in [6.45, 7) is -14.5. The van der Waals surface area contributed by atoms with Gasteiger partial charge in [-0.15, -0.1) is 0 Å². The van der Waals surface area contributed by atoms with Crippen LogP contribution >= 0.6 is 0 Å². The molecular formula is C12H15NO3. The van der Waals surface area contributed by atoms with Crippen molar-refractivity contribution in [3.05, 3.63) is 35.4 Å². The molecule has 0 bridgehead atoms. The minimum Gasteiger partial charge on any atom is -0.478 e. The van der Waals surface area contributed by atoms with E-state index in [0.717, 1.165) is 24.3 Å². The van der Waals surface area contributed by atoms with Crippen LogP contribution in [-0.2, 0) is 0 Å². The Bertz CT molecular complexity index is 684. The zero-order valence-corrected chi connectivity index (χ0v) is 8.02. The van der Waals surface area contributed by atoms with E-state index in [1.807, 2.05) is 0 Å². The van der Waals surface area contributed by atoms with E-state index < -0.39 is 54.6 Å². The number of amides is 1. The molecule has 16 heavy (non-hydrogen) atoms. The van der Waals surface area contributed by atoms with Crippen LogP contribution in [0.15, 0.2) is 24.3 Å². The van der Waals surface area contributed by atoms with E-state index in [4.69, 9.17) is 18.8 Å². The molecule has 0 aliphatic rings. The number of rotatable bonds is 4. The number of benzene rings is 1. The van der Waals surface area contributed by atoms with Crippen molar-refractivity contribution in [2.24, 2.45) is 0 Å². The van der Waals surface area contributed by atoms with Crippen LogP contribution in [0.1, 0.15) is 48.1 Å². The molecule has 1 aromatic rings. The van der Waals surface area contributed by atoms with Gasteiger partial charge in [-0.25, -0.2) is 4.79 Å². The Labute approximate surface area is 109 Å². The van der Waals surface area contributed by atoms with Crippen LogP contribution < -0.4 is 0 Å². The first-order valence-corrected chi connectivity index (χ1v) is 4.12. The van der Waals surface area contributed by atoms with E-state index in [2.05, 4.69) is 0 Å². The number of hydrogen-bond acceptors (Lipinski definition) is 2. The van der Waals surface area contributed by atoms with E-state index in [-0.39, 0.29) is 0 Å². The topological polar surface area (TPSA) is 57.6 Å². The van der Waals surface area contributed by atoms with Gasteiger partial charge in [0.2, 0.25) is 0 Å². The zero-order chi connectivity index (χ0) is 20.7. The second kappa shape index (κ2) is 5.30. The average Bonchev–Trinajstić information content (AvgIpc) is 2.44. The smallest absolute Gasteiger partial charge is 0.335 e. The summed E-state index contributed by atoms with van der Waals surface area (Å²) in [5, 5.41) is 8.95. The first-order valence-electron chi connectivity index (χ1n) is 9.12. The lowest BCUT2D eigenvalue weighted by molar-refractivity contribution is 0.0697. The van der Waals surface area contributed by atoms with Gasteiger partial charge < -0.3 is 10.0 Å². The molecule has 0 aliphatic heterocycles. The van der Waals surface area contributed by atoms with Gasteiger partial charge in [-0.05, 0) is 31.9 Å². The monoisotopic (exact) mass is 231 g/mol. The number of carboxylic acid groups (broad SMARTS) is 1. The molecule has 0 fully saturated rings. The molecule has 1 N–H and O–H groups in total. The van der Waals surface area contributed by atoms with Crippen LogP contribution in [0.25, 0.3) is 0 Å². The van der Waals surface area contributed by atoms with Gasteiger partial charge in [0, 0.05) is 32.3 Å². The third kappa shape index (κ3) is 2.59. The average molecular weight is 231 g/mol. The summed E-state index contributed by atoms with van der Waals surface area (Å²) in [7, 11) is 0. The molecule has 0 saturated carbocycles. The Kier molecular flexibility index (Phi) is 1.39. The second-order valence-electron chi connectivity index (χ2n) is 2.75. The van der Waals surface area contributed by atoms with Crippen molar-refractivity contribution in [1.82, 2.24) is 4.90 Å². The van der Waals surface area contributed by atoms with Crippen molar-refractivity contribution in [2.75, 3.05) is 13.0 Å². The molecule has 4 nitrogen and oxygen atoms in total. The van der Waals surface area contributed by atoms with Gasteiger partial charge in [-0.1, -0.05) is 6.07 Å². The molecule has 1 aromatic carbocycles.